The molecular formula is C19H17N3O2. The Morgan fingerprint density at radius 1 is 1.00 bits per heavy atom. The molecule has 0 fully saturated rings. The van der Waals surface area contributed by atoms with E-state index in [1.165, 1.54) is 6.92 Å². The topological polar surface area (TPSA) is 71.1 Å². The third-order valence-corrected chi connectivity index (χ3v) is 3.54. The SMILES string of the molecule is CC(=O)Nc1cccc(C(=O)Nc2cc(C)cc3cccnc23)c1. The molecule has 0 saturated carbocycles. The summed E-state index contributed by atoms with van der Waals surface area (Å²) in [7, 11) is 0. The van der Waals surface area contributed by atoms with Gasteiger partial charge in [0.25, 0.3) is 5.91 Å². The standard InChI is InChI=1S/C19H17N3O2/c1-12-9-14-6-4-8-20-18(14)17(10-12)22-19(24)15-5-3-7-16(11-15)21-13(2)23/h3-11H,1-2H3,(H,21,23)(H,22,24). The monoisotopic (exact) mass is 319 g/mol. The van der Waals surface area contributed by atoms with Crippen molar-refractivity contribution in [3.63, 3.8) is 0 Å². The van der Waals surface area contributed by atoms with Crippen molar-refractivity contribution in [1.82, 2.24) is 4.98 Å². The molecule has 0 saturated heterocycles. The average molecular weight is 319 g/mol. The molecule has 0 bridgehead atoms. The number of fused-ring (bicyclic) bond motifs is 1. The molecule has 3 rings (SSSR count). The average Bonchev–Trinajstić information content (AvgIpc) is 2.54. The van der Waals surface area contributed by atoms with Crippen molar-refractivity contribution in [3.8, 4) is 0 Å². The zero-order valence-corrected chi connectivity index (χ0v) is 13.5. The zero-order valence-electron chi connectivity index (χ0n) is 13.5. The number of carbonyl (C=O) groups is 2. The Labute approximate surface area is 139 Å². The van der Waals surface area contributed by atoms with Crippen LogP contribution in [0.5, 0.6) is 0 Å². The summed E-state index contributed by atoms with van der Waals surface area (Å²) in [6.07, 6.45) is 1.70. The van der Waals surface area contributed by atoms with Gasteiger partial charge in [-0.3, -0.25) is 14.6 Å². The van der Waals surface area contributed by atoms with Crippen LogP contribution < -0.4 is 10.6 Å². The molecule has 0 aliphatic rings. The van der Waals surface area contributed by atoms with Gasteiger partial charge in [-0.15, -0.1) is 0 Å². The van der Waals surface area contributed by atoms with Gasteiger partial charge in [0.05, 0.1) is 11.2 Å². The lowest BCUT2D eigenvalue weighted by Crippen LogP contribution is -2.13. The second-order valence-corrected chi connectivity index (χ2v) is 5.60. The van der Waals surface area contributed by atoms with E-state index in [0.29, 0.717) is 16.9 Å². The summed E-state index contributed by atoms with van der Waals surface area (Å²) < 4.78 is 0. The molecule has 0 spiro atoms. The van der Waals surface area contributed by atoms with Crippen molar-refractivity contribution in [2.45, 2.75) is 13.8 Å². The van der Waals surface area contributed by atoms with Crippen LogP contribution in [0.15, 0.2) is 54.7 Å². The highest BCUT2D eigenvalue weighted by Gasteiger charge is 2.10. The molecule has 0 atom stereocenters. The molecule has 120 valence electrons. The fourth-order valence-corrected chi connectivity index (χ4v) is 2.57. The van der Waals surface area contributed by atoms with Crippen LogP contribution >= 0.6 is 0 Å². The van der Waals surface area contributed by atoms with E-state index in [0.717, 1.165) is 16.5 Å². The van der Waals surface area contributed by atoms with E-state index < -0.39 is 0 Å². The summed E-state index contributed by atoms with van der Waals surface area (Å²) in [4.78, 5) is 28.1. The Morgan fingerprint density at radius 2 is 1.83 bits per heavy atom. The summed E-state index contributed by atoms with van der Waals surface area (Å²) in [5, 5.41) is 6.55. The third-order valence-electron chi connectivity index (χ3n) is 3.54. The van der Waals surface area contributed by atoms with Gasteiger partial charge >= 0.3 is 0 Å². The van der Waals surface area contributed by atoms with Gasteiger partial charge in [-0.05, 0) is 48.9 Å². The summed E-state index contributed by atoms with van der Waals surface area (Å²) in [6, 6.07) is 14.6. The van der Waals surface area contributed by atoms with E-state index in [9.17, 15) is 9.59 Å². The lowest BCUT2D eigenvalue weighted by atomic mass is 10.1. The Bertz CT molecular complexity index is 935. The van der Waals surface area contributed by atoms with Crippen molar-refractivity contribution in [2.24, 2.45) is 0 Å². The Kier molecular flexibility index (Phi) is 4.24. The van der Waals surface area contributed by atoms with E-state index in [1.54, 1.807) is 30.5 Å². The van der Waals surface area contributed by atoms with Crippen LogP contribution in [-0.2, 0) is 4.79 Å². The molecule has 0 radical (unpaired) electrons. The number of aryl methyl sites for hydroxylation is 1. The number of carbonyl (C=O) groups excluding carboxylic acids is 2. The smallest absolute Gasteiger partial charge is 0.255 e. The summed E-state index contributed by atoms with van der Waals surface area (Å²) in [5.74, 6) is -0.429. The van der Waals surface area contributed by atoms with Gasteiger partial charge in [-0.2, -0.15) is 0 Å². The predicted octanol–water partition coefficient (Wildman–Crippen LogP) is 3.75. The lowest BCUT2D eigenvalue weighted by molar-refractivity contribution is -0.114. The maximum atomic E-state index is 12.6. The number of hydrogen-bond donors (Lipinski definition) is 2. The number of anilines is 2. The number of rotatable bonds is 3. The molecule has 0 unspecified atom stereocenters. The molecule has 0 aliphatic carbocycles. The number of nitrogens with one attached hydrogen (secondary N) is 2. The van der Waals surface area contributed by atoms with Crippen molar-refractivity contribution in [1.29, 1.82) is 0 Å². The van der Waals surface area contributed by atoms with E-state index in [-0.39, 0.29) is 11.8 Å². The number of nitrogens with zero attached hydrogens (tertiary/aromatic N) is 1. The van der Waals surface area contributed by atoms with Crippen LogP contribution in [0.2, 0.25) is 0 Å². The second-order valence-electron chi connectivity index (χ2n) is 5.60. The fourth-order valence-electron chi connectivity index (χ4n) is 2.57. The van der Waals surface area contributed by atoms with Gasteiger partial charge in [0.1, 0.15) is 0 Å². The Morgan fingerprint density at radius 3 is 2.62 bits per heavy atom. The fraction of sp³-hybridized carbons (Fsp3) is 0.105. The molecular weight excluding hydrogens is 302 g/mol. The third kappa shape index (κ3) is 3.41. The highest BCUT2D eigenvalue weighted by atomic mass is 16.2. The molecule has 5 heteroatoms. The lowest BCUT2D eigenvalue weighted by Gasteiger charge is -2.10. The number of benzene rings is 2. The zero-order chi connectivity index (χ0) is 17.1. The second kappa shape index (κ2) is 6.50. The minimum atomic E-state index is -0.250. The van der Waals surface area contributed by atoms with Crippen molar-refractivity contribution >= 4 is 34.1 Å². The molecule has 0 aliphatic heterocycles. The minimum Gasteiger partial charge on any atom is -0.326 e. The first-order chi connectivity index (χ1) is 11.5. The summed E-state index contributed by atoms with van der Waals surface area (Å²) in [5.41, 5.74) is 3.50. The molecule has 5 nitrogen and oxygen atoms in total. The number of aromatic nitrogens is 1. The van der Waals surface area contributed by atoms with Crippen molar-refractivity contribution in [3.05, 3.63) is 65.9 Å². The van der Waals surface area contributed by atoms with E-state index in [2.05, 4.69) is 15.6 Å². The van der Waals surface area contributed by atoms with Gasteiger partial charge in [0.2, 0.25) is 5.91 Å². The van der Waals surface area contributed by atoms with Gasteiger partial charge in [-0.1, -0.05) is 12.1 Å². The number of pyridine rings is 1. The number of hydrogen-bond acceptors (Lipinski definition) is 3. The quantitative estimate of drug-likeness (QED) is 0.772. The normalized spacial score (nSPS) is 10.4. The Balaban J connectivity index is 1.92. The summed E-state index contributed by atoms with van der Waals surface area (Å²) >= 11 is 0. The first-order valence-electron chi connectivity index (χ1n) is 7.57. The van der Waals surface area contributed by atoms with E-state index in [4.69, 9.17) is 0 Å². The van der Waals surface area contributed by atoms with Crippen molar-refractivity contribution in [2.75, 3.05) is 10.6 Å². The van der Waals surface area contributed by atoms with E-state index >= 15 is 0 Å². The molecule has 1 aromatic heterocycles. The largest absolute Gasteiger partial charge is 0.326 e. The van der Waals surface area contributed by atoms with Gasteiger partial charge in [0.15, 0.2) is 0 Å². The van der Waals surface area contributed by atoms with Crippen LogP contribution in [0.25, 0.3) is 10.9 Å². The molecule has 1 heterocycles. The van der Waals surface area contributed by atoms with E-state index in [1.807, 2.05) is 31.2 Å². The predicted molar refractivity (Wildman–Crippen MR) is 95.2 cm³/mol. The van der Waals surface area contributed by atoms with Crippen LogP contribution in [0.3, 0.4) is 0 Å². The van der Waals surface area contributed by atoms with Crippen LogP contribution in [-0.4, -0.2) is 16.8 Å². The minimum absolute atomic E-state index is 0.179. The van der Waals surface area contributed by atoms with Crippen LogP contribution in [0, 0.1) is 6.92 Å². The first-order valence-corrected chi connectivity index (χ1v) is 7.57. The molecule has 2 N–H and O–H groups in total. The van der Waals surface area contributed by atoms with Crippen molar-refractivity contribution < 1.29 is 9.59 Å². The molecule has 24 heavy (non-hydrogen) atoms. The molecule has 3 aromatic rings. The highest BCUT2D eigenvalue weighted by Crippen LogP contribution is 2.24. The highest BCUT2D eigenvalue weighted by molar-refractivity contribution is 6.09. The first kappa shape index (κ1) is 15.7. The van der Waals surface area contributed by atoms with Crippen LogP contribution in [0.4, 0.5) is 11.4 Å². The van der Waals surface area contributed by atoms with Gasteiger partial charge < -0.3 is 10.6 Å². The maximum absolute atomic E-state index is 12.6. The number of amides is 2. The molecule has 2 aromatic carbocycles. The molecule has 2 amide bonds. The summed E-state index contributed by atoms with van der Waals surface area (Å²) in [6.45, 7) is 3.40. The van der Waals surface area contributed by atoms with Gasteiger partial charge in [-0.25, -0.2) is 0 Å². The Hall–Kier alpha value is -3.21. The maximum Gasteiger partial charge on any atom is 0.255 e. The van der Waals surface area contributed by atoms with Gasteiger partial charge in [0, 0.05) is 29.8 Å². The van der Waals surface area contributed by atoms with Crippen LogP contribution in [0.1, 0.15) is 22.8 Å².